The van der Waals surface area contributed by atoms with Gasteiger partial charge in [0.15, 0.2) is 0 Å². The molecule has 0 aliphatic carbocycles. The van der Waals surface area contributed by atoms with Crippen LogP contribution in [-0.2, 0) is 10.0 Å². The molecule has 0 aromatic carbocycles. The number of nitrogens with zero attached hydrogens (tertiary/aromatic N) is 1. The van der Waals surface area contributed by atoms with Crippen LogP contribution >= 0.6 is 0 Å². The molecule has 1 fully saturated rings. The van der Waals surface area contributed by atoms with E-state index in [1.807, 2.05) is 0 Å². The quantitative estimate of drug-likeness (QED) is 0.856. The van der Waals surface area contributed by atoms with Crippen LogP contribution in [0.1, 0.15) is 25.7 Å². The van der Waals surface area contributed by atoms with Crippen molar-refractivity contribution in [3.8, 4) is 0 Å². The number of hydrogen-bond donors (Lipinski definition) is 1. The average molecular weight is 256 g/mol. The molecule has 94 valence electrons. The van der Waals surface area contributed by atoms with Crippen LogP contribution in [0.15, 0.2) is 28.0 Å². The van der Waals surface area contributed by atoms with E-state index in [2.05, 4.69) is 4.98 Å². The molecule has 1 saturated heterocycles. The van der Waals surface area contributed by atoms with Gasteiger partial charge in [0.25, 0.3) is 5.56 Å². The van der Waals surface area contributed by atoms with Crippen LogP contribution in [-0.4, -0.2) is 30.8 Å². The topological polar surface area (TPSA) is 70.2 Å². The third-order valence-electron chi connectivity index (χ3n) is 2.96. The fourth-order valence-corrected chi connectivity index (χ4v) is 3.59. The molecular formula is C11H16N2O3S. The first-order valence-electron chi connectivity index (χ1n) is 5.80. The highest BCUT2D eigenvalue weighted by Crippen LogP contribution is 2.17. The second-order valence-electron chi connectivity index (χ2n) is 4.18. The van der Waals surface area contributed by atoms with Crippen LogP contribution in [0.4, 0.5) is 0 Å². The highest BCUT2D eigenvalue weighted by atomic mass is 32.2. The highest BCUT2D eigenvalue weighted by molar-refractivity contribution is 7.89. The fourth-order valence-electron chi connectivity index (χ4n) is 2.03. The smallest absolute Gasteiger partial charge is 0.268 e. The molecule has 6 heteroatoms. The summed E-state index contributed by atoms with van der Waals surface area (Å²) in [6.07, 6.45) is 5.27. The molecule has 0 unspecified atom stereocenters. The molecule has 0 atom stereocenters. The minimum Gasteiger partial charge on any atom is -0.328 e. The number of aromatic amines is 1. The van der Waals surface area contributed by atoms with Gasteiger partial charge in [-0.15, -0.1) is 0 Å². The van der Waals surface area contributed by atoms with E-state index in [-0.39, 0.29) is 4.90 Å². The van der Waals surface area contributed by atoms with Crippen molar-refractivity contribution in [2.75, 3.05) is 13.1 Å². The summed E-state index contributed by atoms with van der Waals surface area (Å²) < 4.78 is 26.0. The molecule has 2 heterocycles. The number of rotatable bonds is 2. The predicted molar refractivity (Wildman–Crippen MR) is 64.3 cm³/mol. The van der Waals surface area contributed by atoms with Crippen LogP contribution in [0.5, 0.6) is 0 Å². The summed E-state index contributed by atoms with van der Waals surface area (Å²) in [4.78, 5) is 13.8. The lowest BCUT2D eigenvalue weighted by atomic mass is 10.2. The van der Waals surface area contributed by atoms with Gasteiger partial charge in [0.05, 0.1) is 0 Å². The molecule has 1 aromatic rings. The molecule has 0 amide bonds. The van der Waals surface area contributed by atoms with Crippen molar-refractivity contribution in [2.24, 2.45) is 0 Å². The van der Waals surface area contributed by atoms with E-state index in [4.69, 9.17) is 0 Å². The van der Waals surface area contributed by atoms with E-state index in [1.165, 1.54) is 22.6 Å². The molecular weight excluding hydrogens is 240 g/mol. The number of pyridine rings is 1. The Labute approximate surface area is 101 Å². The van der Waals surface area contributed by atoms with Crippen molar-refractivity contribution in [1.82, 2.24) is 9.29 Å². The van der Waals surface area contributed by atoms with Gasteiger partial charge in [0.2, 0.25) is 10.0 Å². The van der Waals surface area contributed by atoms with Crippen LogP contribution in [0, 0.1) is 0 Å². The molecule has 17 heavy (non-hydrogen) atoms. The summed E-state index contributed by atoms with van der Waals surface area (Å²) in [7, 11) is -3.63. The van der Waals surface area contributed by atoms with Crippen LogP contribution < -0.4 is 5.56 Å². The number of sulfonamides is 1. The van der Waals surface area contributed by atoms with Gasteiger partial charge < -0.3 is 4.98 Å². The van der Waals surface area contributed by atoms with Gasteiger partial charge in [0.1, 0.15) is 4.90 Å². The molecule has 1 aliphatic heterocycles. The lowest BCUT2D eigenvalue weighted by Crippen LogP contribution is -2.35. The van der Waals surface area contributed by atoms with Gasteiger partial charge in [-0.2, -0.15) is 4.31 Å². The van der Waals surface area contributed by atoms with Crippen LogP contribution in [0.3, 0.4) is 0 Å². The lowest BCUT2D eigenvalue weighted by Gasteiger charge is -2.19. The van der Waals surface area contributed by atoms with Gasteiger partial charge in [-0.3, -0.25) is 4.79 Å². The average Bonchev–Trinajstić information content (AvgIpc) is 2.58. The first kappa shape index (κ1) is 12.3. The third-order valence-corrected chi connectivity index (χ3v) is 4.89. The maximum atomic E-state index is 12.3. The van der Waals surface area contributed by atoms with E-state index in [9.17, 15) is 13.2 Å². The minimum absolute atomic E-state index is 0.151. The standard InChI is InChI=1S/C11H16N2O3S/c14-11-10(6-5-7-12-11)17(15,16)13-8-3-1-2-4-9-13/h5-7H,1-4,8-9H2,(H,12,14). The minimum atomic E-state index is -3.63. The second-order valence-corrected chi connectivity index (χ2v) is 6.09. The Morgan fingerprint density at radius 1 is 1.12 bits per heavy atom. The van der Waals surface area contributed by atoms with E-state index < -0.39 is 15.6 Å². The van der Waals surface area contributed by atoms with E-state index in [0.717, 1.165) is 25.7 Å². The largest absolute Gasteiger partial charge is 0.328 e. The summed E-state index contributed by atoms with van der Waals surface area (Å²) in [5.41, 5.74) is -0.545. The Hall–Kier alpha value is -1.14. The zero-order valence-corrected chi connectivity index (χ0v) is 10.4. The van der Waals surface area contributed by atoms with Crippen molar-refractivity contribution in [3.63, 3.8) is 0 Å². The Morgan fingerprint density at radius 3 is 2.35 bits per heavy atom. The Bertz CT molecular complexity index is 528. The summed E-state index contributed by atoms with van der Waals surface area (Å²) in [5, 5.41) is 0. The zero-order chi connectivity index (χ0) is 12.3. The predicted octanol–water partition coefficient (Wildman–Crippen LogP) is 0.940. The SMILES string of the molecule is O=c1[nH]cccc1S(=O)(=O)N1CCCCCC1. The van der Waals surface area contributed by atoms with Gasteiger partial charge in [0, 0.05) is 19.3 Å². The summed E-state index contributed by atoms with van der Waals surface area (Å²) in [6, 6.07) is 2.89. The number of nitrogens with one attached hydrogen (secondary N) is 1. The monoisotopic (exact) mass is 256 g/mol. The van der Waals surface area contributed by atoms with Crippen LogP contribution in [0.25, 0.3) is 0 Å². The van der Waals surface area contributed by atoms with E-state index in [1.54, 1.807) is 0 Å². The molecule has 0 saturated carbocycles. The molecule has 0 radical (unpaired) electrons. The number of hydrogen-bond acceptors (Lipinski definition) is 3. The lowest BCUT2D eigenvalue weighted by molar-refractivity contribution is 0.423. The van der Waals surface area contributed by atoms with Gasteiger partial charge in [-0.1, -0.05) is 12.8 Å². The first-order chi connectivity index (χ1) is 8.12. The van der Waals surface area contributed by atoms with Gasteiger partial charge >= 0.3 is 0 Å². The maximum Gasteiger partial charge on any atom is 0.268 e. The van der Waals surface area contributed by atoms with Gasteiger partial charge in [-0.05, 0) is 25.0 Å². The molecule has 1 N–H and O–H groups in total. The maximum absolute atomic E-state index is 12.3. The molecule has 2 rings (SSSR count). The Balaban J connectivity index is 2.36. The second kappa shape index (κ2) is 5.01. The van der Waals surface area contributed by atoms with Crippen molar-refractivity contribution in [1.29, 1.82) is 0 Å². The Morgan fingerprint density at radius 2 is 1.76 bits per heavy atom. The summed E-state index contributed by atoms with van der Waals surface area (Å²) >= 11 is 0. The van der Waals surface area contributed by atoms with E-state index >= 15 is 0 Å². The highest BCUT2D eigenvalue weighted by Gasteiger charge is 2.27. The van der Waals surface area contributed by atoms with Gasteiger partial charge in [-0.25, -0.2) is 8.42 Å². The van der Waals surface area contributed by atoms with Crippen molar-refractivity contribution in [3.05, 3.63) is 28.7 Å². The molecule has 1 aromatic heterocycles. The molecule has 1 aliphatic rings. The van der Waals surface area contributed by atoms with Crippen LogP contribution in [0.2, 0.25) is 0 Å². The first-order valence-corrected chi connectivity index (χ1v) is 7.24. The number of H-pyrrole nitrogens is 1. The van der Waals surface area contributed by atoms with Crippen molar-refractivity contribution in [2.45, 2.75) is 30.6 Å². The van der Waals surface area contributed by atoms with E-state index in [0.29, 0.717) is 13.1 Å². The number of aromatic nitrogens is 1. The fraction of sp³-hybridized carbons (Fsp3) is 0.545. The van der Waals surface area contributed by atoms with Crippen molar-refractivity contribution < 1.29 is 8.42 Å². The summed E-state index contributed by atoms with van der Waals surface area (Å²) in [5.74, 6) is 0. The van der Waals surface area contributed by atoms with Crippen molar-refractivity contribution >= 4 is 10.0 Å². The molecule has 0 spiro atoms. The third kappa shape index (κ3) is 2.58. The molecule has 0 bridgehead atoms. The summed E-state index contributed by atoms with van der Waals surface area (Å²) in [6.45, 7) is 1.02. The molecule has 5 nitrogen and oxygen atoms in total. The zero-order valence-electron chi connectivity index (χ0n) is 9.55. The Kier molecular flexibility index (Phi) is 3.63. The normalized spacial score (nSPS) is 18.8.